The van der Waals surface area contributed by atoms with Crippen molar-refractivity contribution in [2.75, 3.05) is 6.61 Å². The molecular formula is C25H18Cl2N2O5S. The maximum absolute atomic E-state index is 13.6. The molecular weight excluding hydrogens is 511 g/mol. The quantitative estimate of drug-likeness (QED) is 0.392. The molecule has 4 aromatic rings. The van der Waals surface area contributed by atoms with Gasteiger partial charge in [-0.05, 0) is 49.8 Å². The third-order valence-electron chi connectivity index (χ3n) is 5.57. The van der Waals surface area contributed by atoms with E-state index in [0.717, 1.165) is 16.7 Å². The van der Waals surface area contributed by atoms with Crippen molar-refractivity contribution in [3.63, 3.8) is 0 Å². The van der Waals surface area contributed by atoms with E-state index in [9.17, 15) is 14.7 Å². The first-order chi connectivity index (χ1) is 16.8. The number of ether oxygens (including phenoxy) is 1. The molecule has 0 radical (unpaired) electrons. The Morgan fingerprint density at radius 1 is 1.26 bits per heavy atom. The van der Waals surface area contributed by atoms with Gasteiger partial charge in [0.15, 0.2) is 10.6 Å². The van der Waals surface area contributed by atoms with Crippen molar-refractivity contribution >= 4 is 57.6 Å². The molecule has 0 saturated carbocycles. The summed E-state index contributed by atoms with van der Waals surface area (Å²) in [4.78, 5) is 31.6. The van der Waals surface area contributed by atoms with Crippen LogP contribution in [-0.2, 0) is 9.53 Å². The molecule has 35 heavy (non-hydrogen) atoms. The fraction of sp³-hybridized carbons (Fsp3) is 0.160. The molecule has 1 atom stereocenters. The summed E-state index contributed by atoms with van der Waals surface area (Å²) in [6.45, 7) is 3.60. The Morgan fingerprint density at radius 2 is 1.97 bits per heavy atom. The molecule has 1 N–H and O–H groups in total. The number of thiazole rings is 1. The largest absolute Gasteiger partial charge is 0.505 e. The molecule has 1 aliphatic heterocycles. The summed E-state index contributed by atoms with van der Waals surface area (Å²) in [7, 11) is 0. The van der Waals surface area contributed by atoms with E-state index in [4.69, 9.17) is 32.4 Å². The van der Waals surface area contributed by atoms with E-state index >= 15 is 0 Å². The molecule has 0 aliphatic carbocycles. The van der Waals surface area contributed by atoms with Gasteiger partial charge < -0.3 is 14.3 Å². The molecule has 3 heterocycles. The molecule has 1 aliphatic rings. The van der Waals surface area contributed by atoms with Crippen molar-refractivity contribution in [3.8, 4) is 5.75 Å². The number of fused-ring (bicyclic) bond motifs is 2. The normalized spacial score (nSPS) is 15.9. The van der Waals surface area contributed by atoms with E-state index in [1.165, 1.54) is 16.7 Å². The summed E-state index contributed by atoms with van der Waals surface area (Å²) in [5.41, 5.74) is 1.48. The number of nitrogens with zero attached hydrogens (tertiary/aromatic N) is 2. The fourth-order valence-corrected chi connectivity index (χ4v) is 5.57. The Balaban J connectivity index is 1.75. The summed E-state index contributed by atoms with van der Waals surface area (Å²) >= 11 is 13.3. The number of halogens is 2. The molecule has 178 valence electrons. The standard InChI is InChI=1S/C25H18Cl2N2O5S/c1-3-33-24(32)20-12(2)28-25-29(21(20)18-11-14-6-4-5-7-17(14)34-18)23(31)19(35-25)10-13-8-15(26)22(30)16(27)9-13/h4-11,21,30H,3H2,1-2H3/b19-10-. The maximum atomic E-state index is 13.6. The lowest BCUT2D eigenvalue weighted by atomic mass is 10.0. The van der Waals surface area contributed by atoms with Gasteiger partial charge in [-0.3, -0.25) is 9.36 Å². The molecule has 7 nitrogen and oxygen atoms in total. The first kappa shape index (κ1) is 23.4. The van der Waals surface area contributed by atoms with Crippen LogP contribution < -0.4 is 14.9 Å². The number of phenols is 1. The topological polar surface area (TPSA) is 94.0 Å². The van der Waals surface area contributed by atoms with Crippen molar-refractivity contribution in [3.05, 3.63) is 94.8 Å². The molecule has 0 saturated heterocycles. The monoisotopic (exact) mass is 528 g/mol. The van der Waals surface area contributed by atoms with Gasteiger partial charge in [0, 0.05) is 5.39 Å². The van der Waals surface area contributed by atoms with E-state index < -0.39 is 12.0 Å². The highest BCUT2D eigenvalue weighted by Crippen LogP contribution is 2.35. The Kier molecular flexibility index (Phi) is 6.04. The van der Waals surface area contributed by atoms with Crippen LogP contribution in [0.4, 0.5) is 0 Å². The van der Waals surface area contributed by atoms with Crippen molar-refractivity contribution in [1.82, 2.24) is 4.57 Å². The zero-order valence-electron chi connectivity index (χ0n) is 18.5. The number of furan rings is 1. The summed E-state index contributed by atoms with van der Waals surface area (Å²) in [5, 5.41) is 10.8. The number of hydrogen-bond donors (Lipinski definition) is 1. The maximum Gasteiger partial charge on any atom is 0.338 e. The van der Waals surface area contributed by atoms with Crippen molar-refractivity contribution in [2.24, 2.45) is 4.99 Å². The van der Waals surface area contributed by atoms with Gasteiger partial charge in [0.05, 0.1) is 32.5 Å². The van der Waals surface area contributed by atoms with E-state index in [1.807, 2.05) is 30.3 Å². The lowest BCUT2D eigenvalue weighted by Gasteiger charge is -2.22. The van der Waals surface area contributed by atoms with Gasteiger partial charge in [-0.25, -0.2) is 9.79 Å². The average molecular weight is 529 g/mol. The molecule has 1 unspecified atom stereocenters. The molecule has 5 rings (SSSR count). The molecule has 0 fully saturated rings. The number of rotatable bonds is 4. The number of aromatic nitrogens is 1. The molecule has 0 bridgehead atoms. The Morgan fingerprint density at radius 3 is 2.66 bits per heavy atom. The number of phenolic OH excluding ortho intramolecular Hbond substituents is 1. The van der Waals surface area contributed by atoms with Crippen LogP contribution in [0.3, 0.4) is 0 Å². The number of allylic oxidation sites excluding steroid dienone is 1. The van der Waals surface area contributed by atoms with Gasteiger partial charge in [0.25, 0.3) is 5.56 Å². The average Bonchev–Trinajstić information content (AvgIpc) is 3.37. The number of carbonyl (C=O) groups excluding carboxylic acids is 1. The van der Waals surface area contributed by atoms with Gasteiger partial charge >= 0.3 is 5.97 Å². The van der Waals surface area contributed by atoms with Crippen LogP contribution in [0, 0.1) is 0 Å². The number of benzene rings is 2. The fourth-order valence-electron chi connectivity index (χ4n) is 4.02. The van der Waals surface area contributed by atoms with Crippen LogP contribution in [0.25, 0.3) is 17.0 Å². The summed E-state index contributed by atoms with van der Waals surface area (Å²) in [6.07, 6.45) is 1.61. The predicted molar refractivity (Wildman–Crippen MR) is 135 cm³/mol. The molecule has 10 heteroatoms. The van der Waals surface area contributed by atoms with Crippen LogP contribution in [0.1, 0.15) is 31.2 Å². The van der Waals surface area contributed by atoms with Gasteiger partial charge in [-0.2, -0.15) is 0 Å². The Labute approximate surface area is 212 Å². The summed E-state index contributed by atoms with van der Waals surface area (Å²) in [6, 6.07) is 11.4. The van der Waals surface area contributed by atoms with E-state index in [0.29, 0.717) is 31.9 Å². The predicted octanol–water partition coefficient (Wildman–Crippen LogP) is 4.56. The lowest BCUT2D eigenvalue weighted by molar-refractivity contribution is -0.139. The highest BCUT2D eigenvalue weighted by atomic mass is 35.5. The van der Waals surface area contributed by atoms with Crippen molar-refractivity contribution < 1.29 is 19.1 Å². The summed E-state index contributed by atoms with van der Waals surface area (Å²) in [5.74, 6) is -0.371. The zero-order chi connectivity index (χ0) is 24.9. The van der Waals surface area contributed by atoms with Gasteiger partial charge in [0.2, 0.25) is 0 Å². The van der Waals surface area contributed by atoms with Crippen molar-refractivity contribution in [2.45, 2.75) is 19.9 Å². The van der Waals surface area contributed by atoms with Gasteiger partial charge in [-0.15, -0.1) is 0 Å². The third kappa shape index (κ3) is 4.07. The minimum atomic E-state index is -0.855. The van der Waals surface area contributed by atoms with Gasteiger partial charge in [0.1, 0.15) is 17.4 Å². The number of para-hydroxylation sites is 1. The van der Waals surface area contributed by atoms with Crippen LogP contribution in [-0.4, -0.2) is 22.2 Å². The van der Waals surface area contributed by atoms with Crippen molar-refractivity contribution in [1.29, 1.82) is 0 Å². The van der Waals surface area contributed by atoms with E-state index in [1.54, 1.807) is 19.9 Å². The molecule has 2 aromatic heterocycles. The second-order valence-corrected chi connectivity index (χ2v) is 9.65. The Hall–Kier alpha value is -3.33. The number of hydrogen-bond acceptors (Lipinski definition) is 7. The Bertz CT molecular complexity index is 1660. The molecule has 0 spiro atoms. The SMILES string of the molecule is CCOC(=O)C1=C(C)N=c2s/c(=C\c3cc(Cl)c(O)c(Cl)c3)c(=O)n2C1c1cc2ccccc2o1. The van der Waals surface area contributed by atoms with Crippen LogP contribution >= 0.6 is 34.5 Å². The number of carbonyl (C=O) groups is 1. The number of aromatic hydroxyl groups is 1. The first-order valence-electron chi connectivity index (χ1n) is 10.6. The van der Waals surface area contributed by atoms with Crippen LogP contribution in [0.15, 0.2) is 67.9 Å². The summed E-state index contributed by atoms with van der Waals surface area (Å²) < 4.78 is 13.2. The highest BCUT2D eigenvalue weighted by molar-refractivity contribution is 7.07. The minimum absolute atomic E-state index is 0.0668. The zero-order valence-corrected chi connectivity index (χ0v) is 20.9. The second-order valence-electron chi connectivity index (χ2n) is 7.82. The smallest absolute Gasteiger partial charge is 0.338 e. The molecule has 0 amide bonds. The molecule has 2 aromatic carbocycles. The first-order valence-corrected chi connectivity index (χ1v) is 12.2. The van der Waals surface area contributed by atoms with Gasteiger partial charge in [-0.1, -0.05) is 52.7 Å². The second kappa shape index (κ2) is 9.03. The van der Waals surface area contributed by atoms with Crippen LogP contribution in [0.2, 0.25) is 10.0 Å². The van der Waals surface area contributed by atoms with E-state index in [-0.39, 0.29) is 33.5 Å². The minimum Gasteiger partial charge on any atom is -0.505 e. The lowest BCUT2D eigenvalue weighted by Crippen LogP contribution is -2.39. The highest BCUT2D eigenvalue weighted by Gasteiger charge is 2.35. The third-order valence-corrected chi connectivity index (χ3v) is 7.13. The van der Waals surface area contributed by atoms with Crippen LogP contribution in [0.5, 0.6) is 5.75 Å². The van der Waals surface area contributed by atoms with E-state index in [2.05, 4.69) is 4.99 Å². The number of esters is 1.